The molecule has 0 fully saturated rings. The van der Waals surface area contributed by atoms with E-state index >= 15 is 0 Å². The molecule has 19 heavy (non-hydrogen) atoms. The van der Waals surface area contributed by atoms with Gasteiger partial charge in [0.15, 0.2) is 0 Å². The van der Waals surface area contributed by atoms with Crippen LogP contribution in [0.5, 0.6) is 0 Å². The lowest BCUT2D eigenvalue weighted by Gasteiger charge is -2.02. The van der Waals surface area contributed by atoms with Crippen molar-refractivity contribution >= 4 is 17.1 Å². The van der Waals surface area contributed by atoms with Gasteiger partial charge in [-0.1, -0.05) is 30.3 Å². The number of hydrogen-bond acceptors (Lipinski definition) is 2. The number of fused-ring (bicyclic) bond motifs is 3. The first-order chi connectivity index (χ1) is 9.27. The molecule has 0 aliphatic carbocycles. The first-order valence-corrected chi connectivity index (χ1v) is 7.00. The zero-order chi connectivity index (χ0) is 13.0. The van der Waals surface area contributed by atoms with E-state index in [2.05, 4.69) is 19.1 Å². The predicted molar refractivity (Wildman–Crippen MR) is 77.3 cm³/mol. The van der Waals surface area contributed by atoms with Crippen molar-refractivity contribution in [3.05, 3.63) is 64.8 Å². The third kappa shape index (κ3) is 1.33. The molecule has 1 aromatic carbocycles. The lowest BCUT2D eigenvalue weighted by Crippen LogP contribution is -1.97. The minimum atomic E-state index is 0.142. The maximum absolute atomic E-state index is 12.5. The van der Waals surface area contributed by atoms with Crippen LogP contribution in [0.4, 0.5) is 0 Å². The van der Waals surface area contributed by atoms with Crippen LogP contribution in [0.25, 0.3) is 16.1 Å². The average molecular weight is 265 g/mol. The van der Waals surface area contributed by atoms with Gasteiger partial charge in [-0.15, -0.1) is 11.3 Å². The highest BCUT2D eigenvalue weighted by Gasteiger charge is 2.32. The van der Waals surface area contributed by atoms with E-state index < -0.39 is 0 Å². The second kappa shape index (κ2) is 3.68. The highest BCUT2D eigenvalue weighted by atomic mass is 32.1. The molecule has 3 heteroatoms. The summed E-state index contributed by atoms with van der Waals surface area (Å²) in [5, 5.41) is 1.06. The maximum atomic E-state index is 12.5. The number of benzene rings is 1. The predicted octanol–water partition coefficient (Wildman–Crippen LogP) is 4.06. The Morgan fingerprint density at radius 1 is 1.00 bits per heavy atom. The fourth-order valence-corrected chi connectivity index (χ4v) is 3.90. The lowest BCUT2D eigenvalue weighted by atomic mass is 9.99. The number of aromatic nitrogens is 1. The molecule has 0 bridgehead atoms. The Morgan fingerprint density at radius 2 is 1.79 bits per heavy atom. The smallest absolute Gasteiger partial charge is 0.213 e. The van der Waals surface area contributed by atoms with Crippen LogP contribution in [0.1, 0.15) is 20.9 Å². The number of aryl methyl sites for hydroxylation is 1. The van der Waals surface area contributed by atoms with E-state index in [-0.39, 0.29) is 5.78 Å². The summed E-state index contributed by atoms with van der Waals surface area (Å²) in [6.07, 6.45) is 1.96. The van der Waals surface area contributed by atoms with Crippen molar-refractivity contribution in [1.82, 2.24) is 4.57 Å². The molecule has 0 amide bonds. The largest absolute Gasteiger partial charge is 0.304 e. The second-order valence-electron chi connectivity index (χ2n) is 4.67. The van der Waals surface area contributed by atoms with Crippen molar-refractivity contribution in [1.29, 1.82) is 0 Å². The second-order valence-corrected chi connectivity index (χ2v) is 5.88. The van der Waals surface area contributed by atoms with E-state index in [9.17, 15) is 4.79 Å². The van der Waals surface area contributed by atoms with Gasteiger partial charge < -0.3 is 4.57 Å². The molecule has 0 N–H and O–H groups in total. The summed E-state index contributed by atoms with van der Waals surface area (Å²) < 4.78 is 2.00. The van der Waals surface area contributed by atoms with E-state index in [0.29, 0.717) is 0 Å². The van der Waals surface area contributed by atoms with E-state index in [1.54, 1.807) is 11.3 Å². The van der Waals surface area contributed by atoms with Crippen LogP contribution in [0.3, 0.4) is 0 Å². The minimum Gasteiger partial charge on any atom is -0.304 e. The van der Waals surface area contributed by atoms with Crippen LogP contribution < -0.4 is 0 Å². The van der Waals surface area contributed by atoms with Gasteiger partial charge in [0.1, 0.15) is 5.00 Å². The third-order valence-electron chi connectivity index (χ3n) is 3.56. The number of carbonyl (C=O) groups excluding carboxylic acids is 1. The Labute approximate surface area is 114 Å². The summed E-state index contributed by atoms with van der Waals surface area (Å²) in [6, 6.07) is 14.0. The number of thiophene rings is 1. The van der Waals surface area contributed by atoms with Gasteiger partial charge in [0.05, 0.1) is 11.3 Å². The molecule has 92 valence electrons. The molecule has 1 aliphatic rings. The molecular weight excluding hydrogens is 254 g/mol. The Bertz CT molecular complexity index is 796. The zero-order valence-electron chi connectivity index (χ0n) is 10.4. The van der Waals surface area contributed by atoms with E-state index in [1.165, 1.54) is 4.88 Å². The van der Waals surface area contributed by atoms with Crippen molar-refractivity contribution in [3.8, 4) is 16.1 Å². The summed E-state index contributed by atoms with van der Waals surface area (Å²) in [5.74, 6) is 0.142. The zero-order valence-corrected chi connectivity index (χ0v) is 11.2. The van der Waals surface area contributed by atoms with Crippen molar-refractivity contribution < 1.29 is 4.79 Å². The van der Waals surface area contributed by atoms with Crippen LogP contribution in [-0.2, 0) is 0 Å². The van der Waals surface area contributed by atoms with Gasteiger partial charge in [0, 0.05) is 16.6 Å². The lowest BCUT2D eigenvalue weighted by molar-refractivity contribution is 0.104. The van der Waals surface area contributed by atoms with Crippen molar-refractivity contribution in [2.24, 2.45) is 0 Å². The molecule has 0 spiro atoms. The van der Waals surface area contributed by atoms with Crippen molar-refractivity contribution in [2.45, 2.75) is 6.92 Å². The molecule has 3 aromatic rings. The average Bonchev–Trinajstić information content (AvgIpc) is 3.07. The van der Waals surface area contributed by atoms with Crippen molar-refractivity contribution in [3.63, 3.8) is 0 Å². The Balaban J connectivity index is 2.04. The first kappa shape index (κ1) is 10.8. The van der Waals surface area contributed by atoms with E-state index in [0.717, 1.165) is 27.4 Å². The van der Waals surface area contributed by atoms with Gasteiger partial charge in [-0.3, -0.25) is 4.79 Å². The minimum absolute atomic E-state index is 0.142. The van der Waals surface area contributed by atoms with Gasteiger partial charge in [0.25, 0.3) is 0 Å². The first-order valence-electron chi connectivity index (χ1n) is 6.18. The normalized spacial score (nSPS) is 12.6. The molecule has 3 heterocycles. The molecule has 4 rings (SSSR count). The van der Waals surface area contributed by atoms with Gasteiger partial charge in [0.2, 0.25) is 5.78 Å². The topological polar surface area (TPSA) is 22.0 Å². The quantitative estimate of drug-likeness (QED) is 0.508. The molecule has 0 radical (unpaired) electrons. The van der Waals surface area contributed by atoms with Gasteiger partial charge in [-0.2, -0.15) is 0 Å². The van der Waals surface area contributed by atoms with Gasteiger partial charge >= 0.3 is 0 Å². The van der Waals surface area contributed by atoms with Crippen molar-refractivity contribution in [2.75, 3.05) is 0 Å². The van der Waals surface area contributed by atoms with Crippen LogP contribution >= 0.6 is 11.3 Å². The fourth-order valence-electron chi connectivity index (χ4n) is 2.73. The molecule has 2 aromatic heterocycles. The molecule has 1 aliphatic heterocycles. The Hall–Kier alpha value is -2.13. The highest BCUT2D eigenvalue weighted by Crippen LogP contribution is 2.43. The summed E-state index contributed by atoms with van der Waals surface area (Å²) in [6.45, 7) is 2.09. The molecule has 0 saturated carbocycles. The standard InChI is InChI=1S/C16H11NOS/c1-10-13(11-6-3-2-4-7-11)14-15(18)12-8-5-9-17(12)16(14)19-10/h2-9H,1H3. The summed E-state index contributed by atoms with van der Waals surface area (Å²) in [4.78, 5) is 13.7. The van der Waals surface area contributed by atoms with Crippen LogP contribution in [-0.4, -0.2) is 10.4 Å². The number of rotatable bonds is 1. The highest BCUT2D eigenvalue weighted by molar-refractivity contribution is 7.15. The molecule has 0 unspecified atom stereocenters. The van der Waals surface area contributed by atoms with E-state index in [4.69, 9.17) is 0 Å². The summed E-state index contributed by atoms with van der Waals surface area (Å²) >= 11 is 1.69. The van der Waals surface area contributed by atoms with E-state index in [1.807, 2.05) is 41.1 Å². The molecule has 2 nitrogen and oxygen atoms in total. The molecule has 0 saturated heterocycles. The number of nitrogens with zero attached hydrogens (tertiary/aromatic N) is 1. The number of hydrogen-bond donors (Lipinski definition) is 0. The number of carbonyl (C=O) groups is 1. The van der Waals surface area contributed by atoms with Crippen LogP contribution in [0, 0.1) is 6.92 Å². The Morgan fingerprint density at radius 3 is 2.58 bits per heavy atom. The maximum Gasteiger partial charge on any atom is 0.213 e. The summed E-state index contributed by atoms with van der Waals surface area (Å²) in [7, 11) is 0. The number of ketones is 1. The van der Waals surface area contributed by atoms with Crippen LogP contribution in [0.2, 0.25) is 0 Å². The Kier molecular flexibility index (Phi) is 2.09. The van der Waals surface area contributed by atoms with Gasteiger partial charge in [-0.05, 0) is 24.6 Å². The van der Waals surface area contributed by atoms with Gasteiger partial charge in [-0.25, -0.2) is 0 Å². The monoisotopic (exact) mass is 265 g/mol. The third-order valence-corrected chi connectivity index (χ3v) is 4.66. The van der Waals surface area contributed by atoms with Crippen LogP contribution in [0.15, 0.2) is 48.7 Å². The molecule has 0 atom stereocenters. The SMILES string of the molecule is Cc1sc2c(c1-c1ccccc1)C(=O)c1cccn1-2. The summed E-state index contributed by atoms with van der Waals surface area (Å²) in [5.41, 5.74) is 3.86. The molecular formula is C16H11NOS. The fraction of sp³-hybridized carbons (Fsp3) is 0.0625.